The highest BCUT2D eigenvalue weighted by atomic mass is 16.2. The molecule has 1 heterocycles. The molecule has 2 amide bonds. The molecule has 0 bridgehead atoms. The molecule has 0 aliphatic carbocycles. The number of aliphatic imine (C=N–C) groups is 1. The van der Waals surface area contributed by atoms with Gasteiger partial charge in [-0.05, 0) is 43.4 Å². The Kier molecular flexibility index (Phi) is 6.28. The van der Waals surface area contributed by atoms with Crippen molar-refractivity contribution in [1.29, 1.82) is 0 Å². The highest BCUT2D eigenvalue weighted by Crippen LogP contribution is 2.28. The lowest BCUT2D eigenvalue weighted by Crippen LogP contribution is -2.40. The first-order chi connectivity index (χ1) is 11.8. The van der Waals surface area contributed by atoms with Crippen molar-refractivity contribution in [2.24, 2.45) is 10.4 Å². The molecule has 138 valence electrons. The van der Waals surface area contributed by atoms with Gasteiger partial charge >= 0.3 is 6.03 Å². The zero-order chi connectivity index (χ0) is 18.4. The van der Waals surface area contributed by atoms with Gasteiger partial charge < -0.3 is 20.9 Å². The van der Waals surface area contributed by atoms with Gasteiger partial charge in [-0.25, -0.2) is 4.79 Å². The van der Waals surface area contributed by atoms with Crippen molar-refractivity contribution in [1.82, 2.24) is 15.5 Å². The van der Waals surface area contributed by atoms with Crippen LogP contribution in [0.2, 0.25) is 0 Å². The van der Waals surface area contributed by atoms with Gasteiger partial charge in [0.05, 0.1) is 0 Å². The van der Waals surface area contributed by atoms with E-state index in [1.165, 1.54) is 6.42 Å². The van der Waals surface area contributed by atoms with Crippen molar-refractivity contribution >= 4 is 17.7 Å². The van der Waals surface area contributed by atoms with Gasteiger partial charge in [0.15, 0.2) is 5.96 Å². The molecule has 25 heavy (non-hydrogen) atoms. The molecule has 2 rings (SSSR count). The topological polar surface area (TPSA) is 68.8 Å². The van der Waals surface area contributed by atoms with Crippen molar-refractivity contribution in [3.05, 3.63) is 29.8 Å². The van der Waals surface area contributed by atoms with Crippen LogP contribution in [-0.4, -0.2) is 43.1 Å². The second-order valence-corrected chi connectivity index (χ2v) is 7.69. The third-order valence-electron chi connectivity index (χ3n) is 4.27. The third kappa shape index (κ3) is 5.96. The minimum Gasteiger partial charge on any atom is -0.352 e. The van der Waals surface area contributed by atoms with E-state index >= 15 is 0 Å². The van der Waals surface area contributed by atoms with E-state index in [0.29, 0.717) is 12.0 Å². The molecule has 0 saturated carbocycles. The summed E-state index contributed by atoms with van der Waals surface area (Å²) in [7, 11) is 1.83. The summed E-state index contributed by atoms with van der Waals surface area (Å²) in [6, 6.07) is 7.79. The van der Waals surface area contributed by atoms with Gasteiger partial charge in [-0.1, -0.05) is 26.0 Å². The van der Waals surface area contributed by atoms with E-state index in [1.807, 2.05) is 45.2 Å². The normalized spacial score (nSPS) is 16.9. The van der Waals surface area contributed by atoms with E-state index < -0.39 is 0 Å². The number of urea groups is 1. The summed E-state index contributed by atoms with van der Waals surface area (Å²) < 4.78 is 0. The van der Waals surface area contributed by atoms with Crippen LogP contribution in [-0.2, 0) is 6.54 Å². The molecule has 1 aliphatic heterocycles. The van der Waals surface area contributed by atoms with Crippen LogP contribution in [0.3, 0.4) is 0 Å². The van der Waals surface area contributed by atoms with Crippen molar-refractivity contribution in [3.63, 3.8) is 0 Å². The van der Waals surface area contributed by atoms with Crippen LogP contribution in [0.4, 0.5) is 10.5 Å². The fourth-order valence-corrected chi connectivity index (χ4v) is 2.94. The summed E-state index contributed by atoms with van der Waals surface area (Å²) in [4.78, 5) is 18.4. The predicted molar refractivity (Wildman–Crippen MR) is 104 cm³/mol. The van der Waals surface area contributed by atoms with E-state index in [0.717, 1.165) is 30.3 Å². The molecule has 3 N–H and O–H groups in total. The average molecular weight is 345 g/mol. The fourth-order valence-electron chi connectivity index (χ4n) is 2.94. The second-order valence-electron chi connectivity index (χ2n) is 7.69. The van der Waals surface area contributed by atoms with E-state index in [1.54, 1.807) is 0 Å². The number of carbonyl (C=O) groups is 1. The predicted octanol–water partition coefficient (Wildman–Crippen LogP) is 3.02. The first kappa shape index (κ1) is 19.1. The second kappa shape index (κ2) is 8.23. The van der Waals surface area contributed by atoms with E-state index in [4.69, 9.17) is 0 Å². The molecule has 6 nitrogen and oxygen atoms in total. The number of nitrogens with zero attached hydrogens (tertiary/aromatic N) is 2. The summed E-state index contributed by atoms with van der Waals surface area (Å²) in [5.41, 5.74) is 2.28. The Morgan fingerprint density at radius 3 is 2.48 bits per heavy atom. The SMILES string of the molecule is CN=C(NCc1ccc(NC(=O)NC(C)C)cc1)N1CCC(C)(C)C1. The number of hydrogen-bond donors (Lipinski definition) is 3. The lowest BCUT2D eigenvalue weighted by molar-refractivity contribution is 0.250. The molecule has 0 atom stereocenters. The molecular weight excluding hydrogens is 314 g/mol. The van der Waals surface area contributed by atoms with Crippen LogP contribution in [0.5, 0.6) is 0 Å². The van der Waals surface area contributed by atoms with Gasteiger partial charge in [0.1, 0.15) is 0 Å². The maximum atomic E-state index is 11.7. The van der Waals surface area contributed by atoms with E-state index in [9.17, 15) is 4.79 Å². The Morgan fingerprint density at radius 2 is 1.96 bits per heavy atom. The quantitative estimate of drug-likeness (QED) is 0.580. The Morgan fingerprint density at radius 1 is 1.28 bits per heavy atom. The first-order valence-electron chi connectivity index (χ1n) is 8.91. The number of rotatable bonds is 4. The van der Waals surface area contributed by atoms with Crippen molar-refractivity contribution < 1.29 is 4.79 Å². The minimum absolute atomic E-state index is 0.116. The molecule has 1 aromatic rings. The molecule has 0 unspecified atom stereocenters. The van der Waals surface area contributed by atoms with Gasteiger partial charge in [0, 0.05) is 38.4 Å². The van der Waals surface area contributed by atoms with E-state index in [2.05, 4.69) is 39.7 Å². The molecule has 1 fully saturated rings. The zero-order valence-electron chi connectivity index (χ0n) is 16.0. The van der Waals surface area contributed by atoms with Crippen LogP contribution in [0.1, 0.15) is 39.7 Å². The van der Waals surface area contributed by atoms with Crippen molar-refractivity contribution in [2.45, 2.75) is 46.7 Å². The Hall–Kier alpha value is -2.24. The zero-order valence-corrected chi connectivity index (χ0v) is 16.0. The van der Waals surface area contributed by atoms with Gasteiger partial charge in [0.25, 0.3) is 0 Å². The average Bonchev–Trinajstić information content (AvgIpc) is 2.88. The van der Waals surface area contributed by atoms with Crippen LogP contribution < -0.4 is 16.0 Å². The first-order valence-corrected chi connectivity index (χ1v) is 8.91. The fraction of sp³-hybridized carbons (Fsp3) is 0.579. The highest BCUT2D eigenvalue weighted by molar-refractivity contribution is 5.89. The van der Waals surface area contributed by atoms with Gasteiger partial charge in [-0.3, -0.25) is 4.99 Å². The Labute approximate surface area is 151 Å². The molecule has 0 radical (unpaired) electrons. The molecule has 1 saturated heterocycles. The summed E-state index contributed by atoms with van der Waals surface area (Å²) in [5, 5.41) is 9.06. The number of guanidine groups is 1. The smallest absolute Gasteiger partial charge is 0.319 e. The number of likely N-dealkylation sites (tertiary alicyclic amines) is 1. The largest absolute Gasteiger partial charge is 0.352 e. The third-order valence-corrected chi connectivity index (χ3v) is 4.27. The molecule has 0 aromatic heterocycles. The molecule has 1 aromatic carbocycles. The van der Waals surface area contributed by atoms with Crippen LogP contribution in [0.15, 0.2) is 29.3 Å². The monoisotopic (exact) mass is 345 g/mol. The van der Waals surface area contributed by atoms with E-state index in [-0.39, 0.29) is 12.1 Å². The number of anilines is 1. The van der Waals surface area contributed by atoms with Crippen LogP contribution in [0, 0.1) is 5.41 Å². The lowest BCUT2D eigenvalue weighted by Gasteiger charge is -2.23. The summed E-state index contributed by atoms with van der Waals surface area (Å²) >= 11 is 0. The highest BCUT2D eigenvalue weighted by Gasteiger charge is 2.30. The van der Waals surface area contributed by atoms with Crippen molar-refractivity contribution in [3.8, 4) is 0 Å². The number of hydrogen-bond acceptors (Lipinski definition) is 2. The summed E-state index contributed by atoms with van der Waals surface area (Å²) in [6.07, 6.45) is 1.19. The van der Waals surface area contributed by atoms with Gasteiger partial charge in [-0.2, -0.15) is 0 Å². The van der Waals surface area contributed by atoms with Crippen LogP contribution >= 0.6 is 0 Å². The van der Waals surface area contributed by atoms with Gasteiger partial charge in [-0.15, -0.1) is 0 Å². The standard InChI is InChI=1S/C19H31N5O/c1-14(2)22-18(25)23-16-8-6-15(7-9-16)12-21-17(20-5)24-11-10-19(3,4)13-24/h6-9,14H,10-13H2,1-5H3,(H,20,21)(H2,22,23,25). The molecule has 6 heteroatoms. The van der Waals surface area contributed by atoms with Gasteiger partial charge in [0.2, 0.25) is 0 Å². The maximum absolute atomic E-state index is 11.7. The molecular formula is C19H31N5O. The maximum Gasteiger partial charge on any atom is 0.319 e. The molecule has 1 aliphatic rings. The molecule has 0 spiro atoms. The number of carbonyl (C=O) groups excluding carboxylic acids is 1. The lowest BCUT2D eigenvalue weighted by atomic mass is 9.93. The summed E-state index contributed by atoms with van der Waals surface area (Å²) in [6.45, 7) is 11.2. The van der Waals surface area contributed by atoms with Crippen LogP contribution in [0.25, 0.3) is 0 Å². The number of benzene rings is 1. The number of nitrogens with one attached hydrogen (secondary N) is 3. The Balaban J connectivity index is 1.85. The summed E-state index contributed by atoms with van der Waals surface area (Å²) in [5.74, 6) is 0.948. The Bertz CT molecular complexity index is 607. The van der Waals surface area contributed by atoms with Crippen molar-refractivity contribution in [2.75, 3.05) is 25.5 Å². The minimum atomic E-state index is -0.182. The number of amides is 2.